The van der Waals surface area contributed by atoms with Crippen molar-refractivity contribution >= 4 is 5.97 Å². The zero-order valence-electron chi connectivity index (χ0n) is 18.5. The van der Waals surface area contributed by atoms with Crippen molar-refractivity contribution in [3.63, 3.8) is 0 Å². The van der Waals surface area contributed by atoms with Gasteiger partial charge in [0.1, 0.15) is 22.9 Å². The Balaban J connectivity index is 1.91. The van der Waals surface area contributed by atoms with E-state index < -0.39 is 62.6 Å². The van der Waals surface area contributed by atoms with Gasteiger partial charge in [-0.25, -0.2) is 0 Å². The second-order valence-electron chi connectivity index (χ2n) is 11.5. The minimum absolute atomic E-state index is 0.149. The zero-order chi connectivity index (χ0) is 22.6. The number of ether oxygens (including phenoxy) is 2. The third-order valence-electron chi connectivity index (χ3n) is 10.5. The number of aliphatic hydroxyl groups is 5. The fraction of sp³-hybridized carbons (Fsp3) is 0.955. The Morgan fingerprint density at radius 1 is 1.07 bits per heavy atom. The van der Waals surface area contributed by atoms with E-state index in [1.165, 1.54) is 13.8 Å². The van der Waals surface area contributed by atoms with Gasteiger partial charge in [0.15, 0.2) is 11.4 Å². The van der Waals surface area contributed by atoms with Crippen LogP contribution in [0, 0.1) is 22.7 Å². The van der Waals surface area contributed by atoms with Gasteiger partial charge in [-0.05, 0) is 31.6 Å². The number of carbonyl (C=O) groups excluding carboxylic acids is 1. The lowest BCUT2D eigenvalue weighted by Crippen LogP contribution is -2.75. The van der Waals surface area contributed by atoms with Crippen LogP contribution >= 0.6 is 0 Å². The van der Waals surface area contributed by atoms with Crippen molar-refractivity contribution in [2.24, 2.45) is 22.7 Å². The van der Waals surface area contributed by atoms with Crippen molar-refractivity contribution in [2.45, 2.75) is 107 Å². The van der Waals surface area contributed by atoms with Gasteiger partial charge >= 0.3 is 5.97 Å². The summed E-state index contributed by atoms with van der Waals surface area (Å²) in [6, 6.07) is 0. The minimum atomic E-state index is -2.25. The number of rotatable bonds is 2. The van der Waals surface area contributed by atoms with E-state index >= 15 is 0 Å². The molecular weight excluding hydrogens is 392 g/mol. The molecular formula is C22H34O8. The van der Waals surface area contributed by atoms with Gasteiger partial charge in [-0.15, -0.1) is 0 Å². The Morgan fingerprint density at radius 2 is 1.67 bits per heavy atom. The molecule has 1 spiro atoms. The first kappa shape index (κ1) is 21.1. The third kappa shape index (κ3) is 1.41. The summed E-state index contributed by atoms with van der Waals surface area (Å²) in [6.45, 7) is 9.81. The molecule has 2 saturated heterocycles. The van der Waals surface area contributed by atoms with E-state index in [1.54, 1.807) is 20.8 Å². The Kier molecular flexibility index (Phi) is 3.46. The van der Waals surface area contributed by atoms with Crippen LogP contribution in [0.15, 0.2) is 0 Å². The summed E-state index contributed by atoms with van der Waals surface area (Å²) in [7, 11) is 0. The summed E-state index contributed by atoms with van der Waals surface area (Å²) in [5.41, 5.74) is -12.8. The van der Waals surface area contributed by atoms with E-state index in [4.69, 9.17) is 9.47 Å². The number of carbonyl (C=O) groups is 1. The summed E-state index contributed by atoms with van der Waals surface area (Å²) in [5.74, 6) is -3.37. The molecule has 8 heteroatoms. The highest BCUT2D eigenvalue weighted by Crippen LogP contribution is 2.90. The minimum Gasteiger partial charge on any atom is -0.459 e. The fourth-order valence-electron chi connectivity index (χ4n) is 8.99. The largest absolute Gasteiger partial charge is 0.459 e. The Bertz CT molecular complexity index is 862. The molecule has 4 saturated carbocycles. The highest BCUT2D eigenvalue weighted by atomic mass is 16.7. The maximum atomic E-state index is 12.6. The van der Waals surface area contributed by atoms with Gasteiger partial charge in [0, 0.05) is 25.2 Å². The lowest BCUT2D eigenvalue weighted by Gasteiger charge is -2.61. The van der Waals surface area contributed by atoms with E-state index in [0.29, 0.717) is 6.42 Å². The van der Waals surface area contributed by atoms with Crippen LogP contribution < -0.4 is 0 Å². The Labute approximate surface area is 176 Å². The molecule has 6 rings (SSSR count). The quantitative estimate of drug-likeness (QED) is 0.396. The molecule has 6 fully saturated rings. The van der Waals surface area contributed by atoms with Crippen LogP contribution in [0.4, 0.5) is 0 Å². The van der Waals surface area contributed by atoms with E-state index in [0.717, 1.165) is 0 Å². The molecule has 0 radical (unpaired) electrons. The van der Waals surface area contributed by atoms with Gasteiger partial charge in [-0.1, -0.05) is 27.7 Å². The number of hydrogen-bond donors (Lipinski definition) is 5. The van der Waals surface area contributed by atoms with Crippen LogP contribution in [0.3, 0.4) is 0 Å². The second kappa shape index (κ2) is 4.92. The normalized spacial score (nSPS) is 65.3. The van der Waals surface area contributed by atoms with E-state index in [9.17, 15) is 30.3 Å². The predicted octanol–water partition coefficient (Wildman–Crippen LogP) is 0.220. The van der Waals surface area contributed by atoms with Gasteiger partial charge in [0.05, 0.1) is 11.0 Å². The van der Waals surface area contributed by atoms with Crippen LogP contribution in [0.5, 0.6) is 0 Å². The molecule has 5 N–H and O–H groups in total. The molecule has 2 heterocycles. The summed E-state index contributed by atoms with van der Waals surface area (Å²) in [5, 5.41) is 60.8. The van der Waals surface area contributed by atoms with E-state index in [-0.39, 0.29) is 25.2 Å². The molecule has 0 aromatic rings. The van der Waals surface area contributed by atoms with E-state index in [1.807, 2.05) is 6.92 Å². The summed E-state index contributed by atoms with van der Waals surface area (Å²) in [4.78, 5) is 12.1. The maximum Gasteiger partial charge on any atom is 0.303 e. The molecule has 0 amide bonds. The maximum absolute atomic E-state index is 12.6. The van der Waals surface area contributed by atoms with Gasteiger partial charge in [-0.2, -0.15) is 0 Å². The SMILES string of the molecule is CC(=O)O[C@@H]1[C@@H](C)CC[C@]2(O)[C@]3(C)C[C@]4(O)O[C@]12[C@]1(O)[C@@]3(O)C[C@](O)(C(C)C)[C@@]14C. The average Bonchev–Trinajstić information content (AvgIpc) is 2.87. The van der Waals surface area contributed by atoms with Gasteiger partial charge < -0.3 is 35.0 Å². The highest BCUT2D eigenvalue weighted by molar-refractivity contribution is 5.67. The topological polar surface area (TPSA) is 137 Å². The molecule has 0 aromatic carbocycles. The molecule has 6 aliphatic rings. The van der Waals surface area contributed by atoms with Crippen LogP contribution in [0.25, 0.3) is 0 Å². The van der Waals surface area contributed by atoms with Crippen molar-refractivity contribution < 1.29 is 39.8 Å². The monoisotopic (exact) mass is 426 g/mol. The molecule has 170 valence electrons. The first-order valence-corrected chi connectivity index (χ1v) is 11.0. The molecule has 8 nitrogen and oxygen atoms in total. The zero-order valence-corrected chi connectivity index (χ0v) is 18.5. The molecule has 0 unspecified atom stereocenters. The lowest BCUT2D eigenvalue weighted by molar-refractivity contribution is -0.390. The average molecular weight is 427 g/mol. The molecule has 30 heavy (non-hydrogen) atoms. The molecule has 10 atom stereocenters. The van der Waals surface area contributed by atoms with Gasteiger partial charge in [0.2, 0.25) is 0 Å². The van der Waals surface area contributed by atoms with Crippen LogP contribution in [0.2, 0.25) is 0 Å². The van der Waals surface area contributed by atoms with Crippen molar-refractivity contribution in [2.75, 3.05) is 0 Å². The molecule has 0 aromatic heterocycles. The smallest absolute Gasteiger partial charge is 0.303 e. The van der Waals surface area contributed by atoms with Crippen LogP contribution in [-0.4, -0.2) is 71.4 Å². The first-order valence-electron chi connectivity index (χ1n) is 11.0. The third-order valence-corrected chi connectivity index (χ3v) is 10.5. The van der Waals surface area contributed by atoms with Crippen LogP contribution in [0.1, 0.15) is 67.2 Å². The summed E-state index contributed by atoms with van der Waals surface area (Å²) in [6.07, 6.45) is -0.776. The standard InChI is InChI=1S/C22H34O8/c1-11(2)17(24)10-19(26)15(5)9-20(27)16(17,6)22(19,28)21(30-20)14(29-13(4)23)12(3)7-8-18(15,21)25/h11-12,14,24-28H,7-10H2,1-6H3/t12-,14+,15-,16+,17-,18-,19+,20-,21+,22+/m0/s1. The highest BCUT2D eigenvalue weighted by Gasteiger charge is 3.07. The number of esters is 1. The van der Waals surface area contributed by atoms with Gasteiger partial charge in [-0.3, -0.25) is 4.79 Å². The summed E-state index contributed by atoms with van der Waals surface area (Å²) >= 11 is 0. The van der Waals surface area contributed by atoms with E-state index in [2.05, 4.69) is 0 Å². The van der Waals surface area contributed by atoms with Crippen molar-refractivity contribution in [1.82, 2.24) is 0 Å². The Morgan fingerprint density at radius 3 is 2.20 bits per heavy atom. The second-order valence-corrected chi connectivity index (χ2v) is 11.5. The van der Waals surface area contributed by atoms with Crippen molar-refractivity contribution in [3.8, 4) is 0 Å². The molecule has 4 aliphatic carbocycles. The number of hydrogen-bond acceptors (Lipinski definition) is 8. The predicted molar refractivity (Wildman–Crippen MR) is 103 cm³/mol. The van der Waals surface area contributed by atoms with Crippen molar-refractivity contribution in [3.05, 3.63) is 0 Å². The Hall–Kier alpha value is -0.770. The van der Waals surface area contributed by atoms with Crippen LogP contribution in [-0.2, 0) is 14.3 Å². The fourth-order valence-corrected chi connectivity index (χ4v) is 8.99. The van der Waals surface area contributed by atoms with Crippen molar-refractivity contribution in [1.29, 1.82) is 0 Å². The molecule has 6 bridgehead atoms. The first-order chi connectivity index (χ1) is 13.5. The lowest BCUT2D eigenvalue weighted by atomic mass is 9.52. The molecule has 2 aliphatic heterocycles. The van der Waals surface area contributed by atoms with Gasteiger partial charge in [0.25, 0.3) is 0 Å². The summed E-state index contributed by atoms with van der Waals surface area (Å²) < 4.78 is 12.0.